The predicted molar refractivity (Wildman–Crippen MR) is 70.5 cm³/mol. The van der Waals surface area contributed by atoms with Crippen molar-refractivity contribution in [3.05, 3.63) is 16.4 Å². The number of likely N-dealkylation sites (tertiary alicyclic amines) is 1. The first-order valence-corrected chi connectivity index (χ1v) is 6.66. The molecule has 0 bridgehead atoms. The fraction of sp³-hybridized carbons (Fsp3) is 0.667. The van der Waals surface area contributed by atoms with E-state index in [4.69, 9.17) is 11.6 Å². The van der Waals surface area contributed by atoms with Gasteiger partial charge in [0.2, 0.25) is 5.91 Å². The zero-order valence-electron chi connectivity index (χ0n) is 10.8. The van der Waals surface area contributed by atoms with Crippen molar-refractivity contribution in [3.63, 3.8) is 0 Å². The molecule has 0 saturated carbocycles. The van der Waals surface area contributed by atoms with Crippen molar-refractivity contribution in [2.24, 2.45) is 0 Å². The zero-order chi connectivity index (χ0) is 13.1. The summed E-state index contributed by atoms with van der Waals surface area (Å²) in [5.41, 5.74) is 1.70. The number of nitrogens with zero attached hydrogens (tertiary/aromatic N) is 2. The van der Waals surface area contributed by atoms with Crippen molar-refractivity contribution >= 4 is 17.5 Å². The van der Waals surface area contributed by atoms with Crippen LogP contribution in [0.5, 0.6) is 0 Å². The molecule has 1 fully saturated rings. The number of aromatic nitrogens is 2. The van der Waals surface area contributed by atoms with Crippen LogP contribution >= 0.6 is 11.6 Å². The molecule has 5 nitrogen and oxygen atoms in total. The fourth-order valence-electron chi connectivity index (χ4n) is 2.41. The van der Waals surface area contributed by atoms with Gasteiger partial charge in [-0.3, -0.25) is 14.8 Å². The van der Waals surface area contributed by atoms with Gasteiger partial charge in [-0.05, 0) is 26.3 Å². The van der Waals surface area contributed by atoms with E-state index in [0.717, 1.165) is 37.2 Å². The van der Waals surface area contributed by atoms with Crippen LogP contribution in [0.3, 0.4) is 0 Å². The Kier molecular flexibility index (Phi) is 4.24. The number of amides is 1. The lowest BCUT2D eigenvalue weighted by Crippen LogP contribution is -2.48. The third kappa shape index (κ3) is 2.67. The van der Waals surface area contributed by atoms with Gasteiger partial charge in [-0.25, -0.2) is 0 Å². The number of likely N-dealkylation sites (N-methyl/N-ethyl adjacent to an activating group) is 1. The van der Waals surface area contributed by atoms with E-state index in [1.54, 1.807) is 7.05 Å². The Morgan fingerprint density at radius 3 is 3.00 bits per heavy atom. The Labute approximate surface area is 112 Å². The van der Waals surface area contributed by atoms with E-state index in [0.29, 0.717) is 11.6 Å². The molecule has 0 aromatic carbocycles. The Bertz CT molecular complexity index is 432. The van der Waals surface area contributed by atoms with Crippen LogP contribution in [0, 0.1) is 6.92 Å². The summed E-state index contributed by atoms with van der Waals surface area (Å²) in [6, 6.07) is -0.0585. The van der Waals surface area contributed by atoms with Crippen molar-refractivity contribution in [1.82, 2.24) is 20.4 Å². The topological polar surface area (TPSA) is 61.0 Å². The third-order valence-electron chi connectivity index (χ3n) is 3.46. The minimum absolute atomic E-state index is 0.0585. The summed E-state index contributed by atoms with van der Waals surface area (Å²) in [7, 11) is 1.68. The highest BCUT2D eigenvalue weighted by Gasteiger charge is 2.29. The maximum absolute atomic E-state index is 11.8. The highest BCUT2D eigenvalue weighted by molar-refractivity contribution is 6.31. The number of hydrogen-bond donors (Lipinski definition) is 2. The molecular weight excluding hydrogens is 252 g/mol. The molecular formula is C12H19ClN4O. The minimum Gasteiger partial charge on any atom is -0.358 e. The van der Waals surface area contributed by atoms with Crippen molar-refractivity contribution in [1.29, 1.82) is 0 Å². The van der Waals surface area contributed by atoms with E-state index in [2.05, 4.69) is 20.4 Å². The molecule has 1 aliphatic heterocycles. The average molecular weight is 271 g/mol. The molecule has 2 N–H and O–H groups in total. The standard InChI is InChI=1S/C12H19ClN4O/c1-8-11(13)9(16-15-8)7-17-6-4-3-5-10(17)12(18)14-2/h10H,3-7H2,1-2H3,(H,14,18)(H,15,16). The third-order valence-corrected chi connectivity index (χ3v) is 3.96. The number of aryl methyl sites for hydroxylation is 1. The zero-order valence-corrected chi connectivity index (χ0v) is 11.5. The minimum atomic E-state index is -0.0585. The quantitative estimate of drug-likeness (QED) is 0.874. The van der Waals surface area contributed by atoms with E-state index < -0.39 is 0 Å². The maximum atomic E-state index is 11.8. The van der Waals surface area contributed by atoms with Gasteiger partial charge in [0.15, 0.2) is 0 Å². The first kappa shape index (κ1) is 13.4. The summed E-state index contributed by atoms with van der Waals surface area (Å²) >= 11 is 6.17. The van der Waals surface area contributed by atoms with Crippen LogP contribution in [-0.2, 0) is 11.3 Å². The second kappa shape index (κ2) is 5.71. The molecule has 0 radical (unpaired) electrons. The Morgan fingerprint density at radius 2 is 2.39 bits per heavy atom. The van der Waals surface area contributed by atoms with E-state index >= 15 is 0 Å². The largest absolute Gasteiger partial charge is 0.358 e. The van der Waals surface area contributed by atoms with Gasteiger partial charge in [0.05, 0.1) is 22.5 Å². The summed E-state index contributed by atoms with van der Waals surface area (Å²) in [6.07, 6.45) is 3.12. The number of carbonyl (C=O) groups excluding carboxylic acids is 1. The SMILES string of the molecule is CNC(=O)C1CCCCN1Cc1n[nH]c(C)c1Cl. The number of piperidine rings is 1. The molecule has 2 heterocycles. The molecule has 1 saturated heterocycles. The average Bonchev–Trinajstić information content (AvgIpc) is 2.70. The molecule has 18 heavy (non-hydrogen) atoms. The van der Waals surface area contributed by atoms with Gasteiger partial charge in [-0.1, -0.05) is 18.0 Å². The second-order valence-electron chi connectivity index (χ2n) is 4.71. The summed E-state index contributed by atoms with van der Waals surface area (Å²) < 4.78 is 0. The summed E-state index contributed by atoms with van der Waals surface area (Å²) in [5.74, 6) is 0.0816. The predicted octanol–water partition coefficient (Wildman–Crippen LogP) is 1.47. The molecule has 2 rings (SSSR count). The lowest BCUT2D eigenvalue weighted by molar-refractivity contribution is -0.127. The molecule has 6 heteroatoms. The van der Waals surface area contributed by atoms with Gasteiger partial charge >= 0.3 is 0 Å². The number of hydrogen-bond acceptors (Lipinski definition) is 3. The summed E-state index contributed by atoms with van der Waals surface area (Å²) in [5, 5.41) is 10.5. The Balaban J connectivity index is 2.10. The maximum Gasteiger partial charge on any atom is 0.237 e. The first-order chi connectivity index (χ1) is 8.63. The molecule has 100 valence electrons. The van der Waals surface area contributed by atoms with Gasteiger partial charge < -0.3 is 5.32 Å². The molecule has 1 unspecified atom stereocenters. The number of rotatable bonds is 3. The van der Waals surface area contributed by atoms with E-state index in [1.807, 2.05) is 6.92 Å². The van der Waals surface area contributed by atoms with Gasteiger partial charge in [0.25, 0.3) is 0 Å². The number of H-pyrrole nitrogens is 1. The van der Waals surface area contributed by atoms with Crippen LogP contribution in [-0.4, -0.2) is 40.6 Å². The van der Waals surface area contributed by atoms with E-state index in [9.17, 15) is 4.79 Å². The van der Waals surface area contributed by atoms with Crippen LogP contribution in [0.25, 0.3) is 0 Å². The van der Waals surface area contributed by atoms with Crippen molar-refractivity contribution in [3.8, 4) is 0 Å². The highest BCUT2D eigenvalue weighted by atomic mass is 35.5. The van der Waals surface area contributed by atoms with Gasteiger partial charge in [-0.15, -0.1) is 0 Å². The number of nitrogens with one attached hydrogen (secondary N) is 2. The lowest BCUT2D eigenvalue weighted by atomic mass is 10.0. The van der Waals surface area contributed by atoms with E-state index in [1.165, 1.54) is 0 Å². The number of halogens is 1. The molecule has 1 atom stereocenters. The van der Waals surface area contributed by atoms with Crippen LogP contribution in [0.15, 0.2) is 0 Å². The normalized spacial score (nSPS) is 20.9. The Hall–Kier alpha value is -1.07. The Morgan fingerprint density at radius 1 is 1.61 bits per heavy atom. The van der Waals surface area contributed by atoms with Gasteiger partial charge in [0, 0.05) is 13.6 Å². The molecule has 1 aromatic rings. The van der Waals surface area contributed by atoms with E-state index in [-0.39, 0.29) is 11.9 Å². The van der Waals surface area contributed by atoms with Crippen LogP contribution in [0.4, 0.5) is 0 Å². The van der Waals surface area contributed by atoms with Crippen LogP contribution < -0.4 is 5.32 Å². The molecule has 0 aliphatic carbocycles. The summed E-state index contributed by atoms with van der Waals surface area (Å²) in [4.78, 5) is 14.0. The number of carbonyl (C=O) groups is 1. The summed E-state index contributed by atoms with van der Waals surface area (Å²) in [6.45, 7) is 3.44. The van der Waals surface area contributed by atoms with Crippen LogP contribution in [0.1, 0.15) is 30.7 Å². The van der Waals surface area contributed by atoms with Crippen molar-refractivity contribution in [2.75, 3.05) is 13.6 Å². The highest BCUT2D eigenvalue weighted by Crippen LogP contribution is 2.23. The first-order valence-electron chi connectivity index (χ1n) is 6.28. The van der Waals surface area contributed by atoms with Gasteiger partial charge in [-0.2, -0.15) is 5.10 Å². The lowest BCUT2D eigenvalue weighted by Gasteiger charge is -2.33. The second-order valence-corrected chi connectivity index (χ2v) is 5.08. The van der Waals surface area contributed by atoms with Gasteiger partial charge in [0.1, 0.15) is 0 Å². The monoisotopic (exact) mass is 270 g/mol. The molecule has 1 aliphatic rings. The smallest absolute Gasteiger partial charge is 0.237 e. The van der Waals surface area contributed by atoms with Crippen molar-refractivity contribution in [2.45, 2.75) is 38.8 Å². The fourth-order valence-corrected chi connectivity index (χ4v) is 2.55. The molecule has 1 amide bonds. The molecule has 1 aromatic heterocycles. The van der Waals surface area contributed by atoms with Crippen LogP contribution in [0.2, 0.25) is 5.02 Å². The number of aromatic amines is 1. The molecule has 0 spiro atoms. The van der Waals surface area contributed by atoms with Crippen molar-refractivity contribution < 1.29 is 4.79 Å².